The van der Waals surface area contributed by atoms with Crippen LogP contribution in [-0.4, -0.2) is 44.7 Å². The van der Waals surface area contributed by atoms with Crippen LogP contribution < -0.4 is 15.4 Å². The molecular weight excluding hydrogens is 272 g/mol. The summed E-state index contributed by atoms with van der Waals surface area (Å²) in [4.78, 5) is 22.5. The highest BCUT2D eigenvalue weighted by atomic mass is 16.5. The monoisotopic (exact) mass is 294 g/mol. The molecule has 0 saturated heterocycles. The Balaban J connectivity index is 2.16. The third kappa shape index (κ3) is 7.31. The number of hydrogen-bond donors (Lipinski definition) is 2. The van der Waals surface area contributed by atoms with Crippen LogP contribution in [-0.2, 0) is 14.3 Å². The summed E-state index contributed by atoms with van der Waals surface area (Å²) in [6.07, 6.45) is 0.795. The summed E-state index contributed by atoms with van der Waals surface area (Å²) in [5.41, 5.74) is 0. The molecule has 0 spiro atoms. The molecule has 21 heavy (non-hydrogen) atoms. The number of benzene rings is 1. The molecule has 6 heteroatoms. The van der Waals surface area contributed by atoms with E-state index in [9.17, 15) is 9.59 Å². The van der Waals surface area contributed by atoms with Crippen LogP contribution >= 0.6 is 0 Å². The molecule has 1 aromatic carbocycles. The first kappa shape index (κ1) is 17.0. The van der Waals surface area contributed by atoms with E-state index in [0.717, 1.165) is 12.2 Å². The van der Waals surface area contributed by atoms with Gasteiger partial charge in [0.15, 0.2) is 0 Å². The third-order valence-electron chi connectivity index (χ3n) is 2.72. The van der Waals surface area contributed by atoms with Gasteiger partial charge in [0.2, 0.25) is 5.91 Å². The predicted octanol–water partition coefficient (Wildman–Crippen LogP) is 0.723. The number of esters is 1. The Hall–Kier alpha value is -2.08. The topological polar surface area (TPSA) is 76.7 Å². The summed E-state index contributed by atoms with van der Waals surface area (Å²) >= 11 is 0. The van der Waals surface area contributed by atoms with Crippen molar-refractivity contribution in [1.82, 2.24) is 10.6 Å². The van der Waals surface area contributed by atoms with Crippen LogP contribution in [0.1, 0.15) is 13.3 Å². The predicted molar refractivity (Wildman–Crippen MR) is 79.0 cm³/mol. The summed E-state index contributed by atoms with van der Waals surface area (Å²) in [5.74, 6) is 0.112. The van der Waals surface area contributed by atoms with E-state index in [-0.39, 0.29) is 5.91 Å². The highest BCUT2D eigenvalue weighted by molar-refractivity contribution is 5.83. The molecule has 0 aliphatic heterocycles. The Morgan fingerprint density at radius 2 is 1.95 bits per heavy atom. The van der Waals surface area contributed by atoms with Crippen molar-refractivity contribution in [3.8, 4) is 5.75 Å². The molecule has 0 heterocycles. The molecule has 1 rings (SSSR count). The lowest BCUT2D eigenvalue weighted by atomic mass is 10.3. The maximum Gasteiger partial charge on any atom is 0.329 e. The first-order valence-corrected chi connectivity index (χ1v) is 6.87. The van der Waals surface area contributed by atoms with Crippen molar-refractivity contribution in [2.45, 2.75) is 19.4 Å². The zero-order valence-corrected chi connectivity index (χ0v) is 12.4. The fraction of sp³-hybridized carbons (Fsp3) is 0.467. The number of carbonyl (C=O) groups excluding carboxylic acids is 2. The van der Waals surface area contributed by atoms with Crippen LogP contribution in [0, 0.1) is 0 Å². The molecule has 116 valence electrons. The molecule has 0 aromatic heterocycles. The van der Waals surface area contributed by atoms with Crippen molar-refractivity contribution in [1.29, 1.82) is 0 Å². The minimum atomic E-state index is -0.664. The standard InChI is InChI=1S/C15H22N2O4/c1-12(18)17-14(15(19)20-2)11-16-9-6-10-21-13-7-4-3-5-8-13/h3-5,7-8,14,16H,6,9-11H2,1-2H3,(H,17,18). The molecule has 1 amide bonds. The minimum absolute atomic E-state index is 0.264. The van der Waals surface area contributed by atoms with E-state index in [4.69, 9.17) is 4.74 Å². The minimum Gasteiger partial charge on any atom is -0.494 e. The molecule has 0 fully saturated rings. The van der Waals surface area contributed by atoms with Gasteiger partial charge in [-0.1, -0.05) is 18.2 Å². The van der Waals surface area contributed by atoms with E-state index < -0.39 is 12.0 Å². The van der Waals surface area contributed by atoms with E-state index in [1.54, 1.807) is 0 Å². The first-order chi connectivity index (χ1) is 10.1. The number of amides is 1. The average molecular weight is 294 g/mol. The molecule has 0 saturated carbocycles. The van der Waals surface area contributed by atoms with Crippen LogP contribution in [0.25, 0.3) is 0 Å². The number of rotatable bonds is 9. The van der Waals surface area contributed by atoms with Gasteiger partial charge < -0.3 is 20.1 Å². The Bertz CT molecular complexity index is 437. The van der Waals surface area contributed by atoms with Gasteiger partial charge in [-0.05, 0) is 25.1 Å². The molecule has 0 bridgehead atoms. The smallest absolute Gasteiger partial charge is 0.329 e. The van der Waals surface area contributed by atoms with Crippen LogP contribution in [0.15, 0.2) is 30.3 Å². The Morgan fingerprint density at radius 1 is 1.24 bits per heavy atom. The normalized spacial score (nSPS) is 11.5. The van der Waals surface area contributed by atoms with E-state index in [2.05, 4.69) is 15.4 Å². The molecule has 6 nitrogen and oxygen atoms in total. The van der Waals surface area contributed by atoms with Crippen molar-refractivity contribution in [2.75, 3.05) is 26.8 Å². The van der Waals surface area contributed by atoms with Crippen molar-refractivity contribution >= 4 is 11.9 Å². The number of hydrogen-bond acceptors (Lipinski definition) is 5. The van der Waals surface area contributed by atoms with Gasteiger partial charge >= 0.3 is 5.97 Å². The number of para-hydroxylation sites is 1. The van der Waals surface area contributed by atoms with Crippen molar-refractivity contribution in [2.24, 2.45) is 0 Å². The van der Waals surface area contributed by atoms with Gasteiger partial charge in [0.05, 0.1) is 13.7 Å². The molecular formula is C15H22N2O4. The lowest BCUT2D eigenvalue weighted by Gasteiger charge is -2.16. The summed E-state index contributed by atoms with van der Waals surface area (Å²) in [5, 5.41) is 5.64. The lowest BCUT2D eigenvalue weighted by Crippen LogP contribution is -2.47. The summed E-state index contributed by atoms with van der Waals surface area (Å²) in [7, 11) is 1.30. The second-order valence-corrected chi connectivity index (χ2v) is 4.50. The third-order valence-corrected chi connectivity index (χ3v) is 2.72. The highest BCUT2D eigenvalue weighted by Crippen LogP contribution is 2.07. The Labute approximate surface area is 124 Å². The fourth-order valence-electron chi connectivity index (χ4n) is 1.73. The van der Waals surface area contributed by atoms with E-state index >= 15 is 0 Å². The maximum absolute atomic E-state index is 11.5. The second kappa shape index (κ2) is 9.77. The lowest BCUT2D eigenvalue weighted by molar-refractivity contribution is -0.144. The largest absolute Gasteiger partial charge is 0.494 e. The van der Waals surface area contributed by atoms with Crippen molar-refractivity contribution in [3.63, 3.8) is 0 Å². The van der Waals surface area contributed by atoms with Gasteiger partial charge in [-0.3, -0.25) is 4.79 Å². The Morgan fingerprint density at radius 3 is 2.57 bits per heavy atom. The zero-order valence-electron chi connectivity index (χ0n) is 12.4. The van der Waals surface area contributed by atoms with Crippen LogP contribution in [0.5, 0.6) is 5.75 Å². The maximum atomic E-state index is 11.5. The summed E-state index contributed by atoms with van der Waals surface area (Å²) < 4.78 is 10.2. The Kier molecular flexibility index (Phi) is 7.89. The SMILES string of the molecule is COC(=O)C(CNCCCOc1ccccc1)NC(C)=O. The van der Waals surface area contributed by atoms with Gasteiger partial charge in [0, 0.05) is 13.5 Å². The molecule has 2 N–H and O–H groups in total. The zero-order chi connectivity index (χ0) is 15.5. The second-order valence-electron chi connectivity index (χ2n) is 4.50. The highest BCUT2D eigenvalue weighted by Gasteiger charge is 2.19. The van der Waals surface area contributed by atoms with Gasteiger partial charge in [-0.15, -0.1) is 0 Å². The van der Waals surface area contributed by atoms with Crippen molar-refractivity contribution < 1.29 is 19.1 Å². The molecule has 1 aromatic rings. The summed E-state index contributed by atoms with van der Waals surface area (Å²) in [6.45, 7) is 2.96. The van der Waals surface area contributed by atoms with E-state index in [1.807, 2.05) is 30.3 Å². The molecule has 0 aliphatic carbocycles. The molecule has 1 unspecified atom stereocenters. The van der Waals surface area contributed by atoms with E-state index in [0.29, 0.717) is 19.7 Å². The van der Waals surface area contributed by atoms with E-state index in [1.165, 1.54) is 14.0 Å². The van der Waals surface area contributed by atoms with Gasteiger partial charge in [0.1, 0.15) is 11.8 Å². The summed E-state index contributed by atoms with van der Waals surface area (Å²) in [6, 6.07) is 8.91. The van der Waals surface area contributed by atoms with Crippen LogP contribution in [0.2, 0.25) is 0 Å². The molecule has 1 atom stereocenters. The number of ether oxygens (including phenoxy) is 2. The van der Waals surface area contributed by atoms with Gasteiger partial charge in [-0.2, -0.15) is 0 Å². The quantitative estimate of drug-likeness (QED) is 0.518. The van der Waals surface area contributed by atoms with Gasteiger partial charge in [-0.25, -0.2) is 4.79 Å². The first-order valence-electron chi connectivity index (χ1n) is 6.87. The average Bonchev–Trinajstić information content (AvgIpc) is 2.49. The molecule has 0 aliphatic rings. The number of methoxy groups -OCH3 is 1. The van der Waals surface area contributed by atoms with Crippen LogP contribution in [0.4, 0.5) is 0 Å². The fourth-order valence-corrected chi connectivity index (χ4v) is 1.73. The van der Waals surface area contributed by atoms with Crippen LogP contribution in [0.3, 0.4) is 0 Å². The number of nitrogens with one attached hydrogen (secondary N) is 2. The molecule has 0 radical (unpaired) electrons. The number of carbonyl (C=O) groups is 2. The van der Waals surface area contributed by atoms with Crippen molar-refractivity contribution in [3.05, 3.63) is 30.3 Å². The van der Waals surface area contributed by atoms with Gasteiger partial charge in [0.25, 0.3) is 0 Å².